The predicted molar refractivity (Wildman–Crippen MR) is 104 cm³/mol. The monoisotopic (exact) mass is 385 g/mol. The van der Waals surface area contributed by atoms with Crippen molar-refractivity contribution in [2.24, 2.45) is 11.8 Å². The molecule has 0 bridgehead atoms. The molecule has 0 N–H and O–H groups in total. The van der Waals surface area contributed by atoms with E-state index in [1.165, 1.54) is 6.07 Å². The number of carbonyl (C=O) groups is 1. The van der Waals surface area contributed by atoms with Gasteiger partial charge in [0.15, 0.2) is 0 Å². The van der Waals surface area contributed by atoms with Gasteiger partial charge in [-0.15, -0.1) is 0 Å². The summed E-state index contributed by atoms with van der Waals surface area (Å²) in [6.45, 7) is 9.91. The first-order valence-corrected chi connectivity index (χ1v) is 10.1. The number of amides is 1. The molecular weight excluding hydrogens is 357 g/mol. The molecule has 2 atom stereocenters. The third-order valence-electron chi connectivity index (χ3n) is 5.77. The zero-order valence-electron chi connectivity index (χ0n) is 16.9. The summed E-state index contributed by atoms with van der Waals surface area (Å²) in [5.74, 6) is 1.80. The minimum atomic E-state index is -0.175. The zero-order valence-corrected chi connectivity index (χ0v) is 16.9. The standard InChI is InChI=1S/C22H28FN3O2/c1-14-8-15(2)11-26(10-14)22(27)21-24-19-13-25(7-6-20(19)28-21)12-17-4-5-18(23)16(3)9-17/h4-5,9,14-15H,6-8,10-13H2,1-3H3/t14-,15-/m1/s1. The predicted octanol–water partition coefficient (Wildman–Crippen LogP) is 3.80. The molecule has 4 rings (SSSR count). The number of hydrogen-bond acceptors (Lipinski definition) is 4. The Morgan fingerprint density at radius 1 is 1.29 bits per heavy atom. The summed E-state index contributed by atoms with van der Waals surface area (Å²) in [4.78, 5) is 21.6. The maximum absolute atomic E-state index is 13.5. The first-order valence-electron chi connectivity index (χ1n) is 10.1. The van der Waals surface area contributed by atoms with E-state index in [-0.39, 0.29) is 17.6 Å². The fourth-order valence-electron chi connectivity index (χ4n) is 4.51. The lowest BCUT2D eigenvalue weighted by Crippen LogP contribution is -2.42. The van der Waals surface area contributed by atoms with E-state index in [9.17, 15) is 9.18 Å². The van der Waals surface area contributed by atoms with Gasteiger partial charge in [0, 0.05) is 39.1 Å². The molecule has 3 heterocycles. The van der Waals surface area contributed by atoms with Gasteiger partial charge in [-0.05, 0) is 42.4 Å². The fraction of sp³-hybridized carbons (Fsp3) is 0.545. The summed E-state index contributed by atoms with van der Waals surface area (Å²) in [5, 5.41) is 0. The van der Waals surface area contributed by atoms with Crippen LogP contribution < -0.4 is 0 Å². The Morgan fingerprint density at radius 3 is 2.75 bits per heavy atom. The van der Waals surface area contributed by atoms with Gasteiger partial charge in [-0.2, -0.15) is 0 Å². The van der Waals surface area contributed by atoms with Gasteiger partial charge < -0.3 is 9.32 Å². The van der Waals surface area contributed by atoms with Gasteiger partial charge in [0.1, 0.15) is 11.6 Å². The van der Waals surface area contributed by atoms with Crippen molar-refractivity contribution >= 4 is 5.91 Å². The molecule has 0 saturated carbocycles. The highest BCUT2D eigenvalue weighted by Crippen LogP contribution is 2.25. The van der Waals surface area contributed by atoms with E-state index in [0.29, 0.717) is 23.9 Å². The van der Waals surface area contributed by atoms with Gasteiger partial charge in [-0.25, -0.2) is 9.37 Å². The summed E-state index contributed by atoms with van der Waals surface area (Å²) in [7, 11) is 0. The first-order chi connectivity index (χ1) is 13.4. The van der Waals surface area contributed by atoms with Crippen LogP contribution in [0, 0.1) is 24.6 Å². The van der Waals surface area contributed by atoms with Crippen molar-refractivity contribution < 1.29 is 13.6 Å². The van der Waals surface area contributed by atoms with E-state index in [1.807, 2.05) is 17.0 Å². The number of likely N-dealkylation sites (tertiary alicyclic amines) is 1. The minimum Gasteiger partial charge on any atom is -0.437 e. The number of halogens is 1. The zero-order chi connectivity index (χ0) is 19.8. The second-order valence-electron chi connectivity index (χ2n) is 8.59. The van der Waals surface area contributed by atoms with Crippen LogP contribution in [0.1, 0.15) is 53.5 Å². The smallest absolute Gasteiger partial charge is 0.309 e. The van der Waals surface area contributed by atoms with E-state index in [1.54, 1.807) is 6.92 Å². The highest BCUT2D eigenvalue weighted by molar-refractivity contribution is 5.89. The highest BCUT2D eigenvalue weighted by atomic mass is 19.1. The number of nitrogens with zero attached hydrogens (tertiary/aromatic N) is 3. The fourth-order valence-corrected chi connectivity index (χ4v) is 4.51. The molecule has 1 fully saturated rings. The molecule has 1 amide bonds. The van der Waals surface area contributed by atoms with Crippen molar-refractivity contribution in [1.29, 1.82) is 0 Å². The van der Waals surface area contributed by atoms with Crippen LogP contribution in [0.5, 0.6) is 0 Å². The van der Waals surface area contributed by atoms with Gasteiger partial charge in [0.25, 0.3) is 5.89 Å². The Kier molecular flexibility index (Phi) is 5.23. The lowest BCUT2D eigenvalue weighted by atomic mass is 9.92. The molecule has 1 aromatic carbocycles. The SMILES string of the molecule is Cc1cc(CN2CCc3oc(C(=O)N4C[C@H](C)C[C@@H](C)C4)nc3C2)ccc1F. The number of rotatable bonds is 3. The van der Waals surface area contributed by atoms with Crippen molar-refractivity contribution in [1.82, 2.24) is 14.8 Å². The van der Waals surface area contributed by atoms with E-state index < -0.39 is 0 Å². The van der Waals surface area contributed by atoms with E-state index in [0.717, 1.165) is 56.0 Å². The van der Waals surface area contributed by atoms with Crippen LogP contribution in [-0.4, -0.2) is 40.3 Å². The summed E-state index contributed by atoms with van der Waals surface area (Å²) in [6.07, 6.45) is 1.90. The maximum Gasteiger partial charge on any atom is 0.309 e. The molecule has 0 unspecified atom stereocenters. The number of oxazole rings is 1. The van der Waals surface area contributed by atoms with Crippen molar-refractivity contribution in [2.45, 2.75) is 46.7 Å². The molecule has 6 heteroatoms. The molecule has 0 aliphatic carbocycles. The van der Waals surface area contributed by atoms with Crippen LogP contribution in [0.15, 0.2) is 22.6 Å². The lowest BCUT2D eigenvalue weighted by Gasteiger charge is -2.34. The Bertz CT molecular complexity index is 869. The van der Waals surface area contributed by atoms with E-state index >= 15 is 0 Å². The molecule has 2 aliphatic rings. The highest BCUT2D eigenvalue weighted by Gasteiger charge is 2.31. The van der Waals surface area contributed by atoms with Crippen LogP contribution in [-0.2, 0) is 19.5 Å². The van der Waals surface area contributed by atoms with Crippen molar-refractivity contribution in [2.75, 3.05) is 19.6 Å². The van der Waals surface area contributed by atoms with Crippen molar-refractivity contribution in [3.8, 4) is 0 Å². The van der Waals surface area contributed by atoms with Crippen molar-refractivity contribution in [3.63, 3.8) is 0 Å². The average molecular weight is 385 g/mol. The van der Waals surface area contributed by atoms with Crippen LogP contribution in [0.3, 0.4) is 0 Å². The van der Waals surface area contributed by atoms with Gasteiger partial charge >= 0.3 is 5.91 Å². The first kappa shape index (κ1) is 19.1. The molecule has 150 valence electrons. The lowest BCUT2D eigenvalue weighted by molar-refractivity contribution is 0.0581. The number of hydrogen-bond donors (Lipinski definition) is 0. The number of benzene rings is 1. The number of aryl methyl sites for hydroxylation is 1. The van der Waals surface area contributed by atoms with Gasteiger partial charge in [0.05, 0.1) is 5.69 Å². The van der Waals surface area contributed by atoms with E-state index in [4.69, 9.17) is 4.42 Å². The normalized spacial score (nSPS) is 22.9. The molecule has 2 aromatic rings. The topological polar surface area (TPSA) is 49.6 Å². The Labute approximate surface area is 165 Å². The Balaban J connectivity index is 1.44. The molecular formula is C22H28FN3O2. The van der Waals surface area contributed by atoms with Crippen LogP contribution >= 0.6 is 0 Å². The number of aromatic nitrogens is 1. The van der Waals surface area contributed by atoms with Gasteiger partial charge in [-0.3, -0.25) is 9.69 Å². The third-order valence-corrected chi connectivity index (χ3v) is 5.77. The molecule has 5 nitrogen and oxygen atoms in total. The average Bonchev–Trinajstić information content (AvgIpc) is 3.06. The summed E-state index contributed by atoms with van der Waals surface area (Å²) in [6, 6.07) is 5.24. The number of piperidine rings is 1. The molecule has 1 saturated heterocycles. The van der Waals surface area contributed by atoms with Gasteiger partial charge in [0.2, 0.25) is 0 Å². The van der Waals surface area contributed by atoms with Crippen LogP contribution in [0.2, 0.25) is 0 Å². The third kappa shape index (κ3) is 3.97. The molecule has 0 radical (unpaired) electrons. The summed E-state index contributed by atoms with van der Waals surface area (Å²) >= 11 is 0. The summed E-state index contributed by atoms with van der Waals surface area (Å²) < 4.78 is 19.3. The van der Waals surface area contributed by atoms with Crippen LogP contribution in [0.4, 0.5) is 4.39 Å². The maximum atomic E-state index is 13.5. The number of fused-ring (bicyclic) bond motifs is 1. The molecule has 1 aromatic heterocycles. The second-order valence-corrected chi connectivity index (χ2v) is 8.59. The minimum absolute atomic E-state index is 0.0893. The summed E-state index contributed by atoms with van der Waals surface area (Å²) in [5.41, 5.74) is 2.60. The molecule has 28 heavy (non-hydrogen) atoms. The van der Waals surface area contributed by atoms with Crippen molar-refractivity contribution in [3.05, 3.63) is 52.5 Å². The van der Waals surface area contributed by atoms with E-state index in [2.05, 4.69) is 23.7 Å². The largest absolute Gasteiger partial charge is 0.437 e. The van der Waals surface area contributed by atoms with Crippen LogP contribution in [0.25, 0.3) is 0 Å². The molecule has 0 spiro atoms. The van der Waals surface area contributed by atoms with Gasteiger partial charge in [-0.1, -0.05) is 26.0 Å². The molecule has 2 aliphatic heterocycles. The number of carbonyl (C=O) groups excluding carboxylic acids is 1. The second kappa shape index (κ2) is 7.66. The Hall–Kier alpha value is -2.21. The quantitative estimate of drug-likeness (QED) is 0.806. The Morgan fingerprint density at radius 2 is 2.04 bits per heavy atom.